The molecule has 0 aliphatic carbocycles. The Balaban J connectivity index is 2.13. The fourth-order valence-corrected chi connectivity index (χ4v) is 8.31. The first kappa shape index (κ1) is 57.9. The summed E-state index contributed by atoms with van der Waals surface area (Å²) in [7, 11) is 0. The van der Waals surface area contributed by atoms with Crippen molar-refractivity contribution >= 4 is 5.97 Å². The van der Waals surface area contributed by atoms with E-state index in [2.05, 4.69) is 26.0 Å². The zero-order chi connectivity index (χ0) is 44.3. The molecular formula is C52H100O9. The Morgan fingerprint density at radius 3 is 1.36 bits per heavy atom. The number of carbonyl (C=O) groups excluding carboxylic acids is 1. The first-order valence-corrected chi connectivity index (χ1v) is 26.3. The second-order valence-electron chi connectivity index (χ2n) is 18.3. The standard InChI is InChI=1S/C52H100O9/c1-3-5-7-9-11-13-15-17-18-19-20-21-22-23-24-25-26-27-28-29-31-33-35-37-39-41-48(54)60-46(45-59-52-51(57)50(56)49(55)47(43-53)61-52)44-58-42-40-38-36-34-32-30-16-14-12-10-8-6-4-2/h12,14,46-47,49-53,55-57H,3-11,13,15-45H2,1-2H3/b14-12-. The fraction of sp³-hybridized carbons (Fsp3) is 0.942. The van der Waals surface area contributed by atoms with Crippen molar-refractivity contribution in [1.29, 1.82) is 0 Å². The van der Waals surface area contributed by atoms with Crippen LogP contribution in [0.4, 0.5) is 0 Å². The van der Waals surface area contributed by atoms with E-state index in [1.807, 2.05) is 0 Å². The third kappa shape index (κ3) is 34.9. The number of rotatable bonds is 46. The SMILES string of the molecule is CCCCC/C=C\CCCCCCCCOCC(COC1OC(CO)C(O)C(O)C1O)OC(=O)CCCCCCCCCCCCCCCCCCCCCCCCCCC. The highest BCUT2D eigenvalue weighted by Crippen LogP contribution is 2.23. The van der Waals surface area contributed by atoms with Gasteiger partial charge in [-0.2, -0.15) is 0 Å². The van der Waals surface area contributed by atoms with E-state index >= 15 is 0 Å². The van der Waals surface area contributed by atoms with Gasteiger partial charge in [0.1, 0.15) is 30.5 Å². The summed E-state index contributed by atoms with van der Waals surface area (Å²) in [4.78, 5) is 12.8. The van der Waals surface area contributed by atoms with Gasteiger partial charge in [-0.25, -0.2) is 0 Å². The highest BCUT2D eigenvalue weighted by Gasteiger charge is 2.44. The van der Waals surface area contributed by atoms with Crippen molar-refractivity contribution in [2.75, 3.05) is 26.4 Å². The summed E-state index contributed by atoms with van der Waals surface area (Å²) in [5.41, 5.74) is 0. The molecule has 9 heteroatoms. The normalized spacial score (nSPS) is 19.9. The van der Waals surface area contributed by atoms with Crippen LogP contribution in [0.15, 0.2) is 12.2 Å². The van der Waals surface area contributed by atoms with E-state index in [9.17, 15) is 25.2 Å². The predicted octanol–water partition coefficient (Wildman–Crippen LogP) is 12.8. The lowest BCUT2D eigenvalue weighted by atomic mass is 9.99. The van der Waals surface area contributed by atoms with Gasteiger partial charge in [0.05, 0.1) is 19.8 Å². The average molecular weight is 869 g/mol. The van der Waals surface area contributed by atoms with Gasteiger partial charge in [-0.15, -0.1) is 0 Å². The van der Waals surface area contributed by atoms with Crippen LogP contribution in [0.2, 0.25) is 0 Å². The number of aliphatic hydroxyl groups excluding tert-OH is 4. The van der Waals surface area contributed by atoms with Crippen LogP contribution in [0.5, 0.6) is 0 Å². The van der Waals surface area contributed by atoms with Crippen LogP contribution >= 0.6 is 0 Å². The lowest BCUT2D eigenvalue weighted by Gasteiger charge is -2.39. The Morgan fingerprint density at radius 2 is 0.902 bits per heavy atom. The maximum atomic E-state index is 12.8. The number of allylic oxidation sites excluding steroid dienone is 2. The van der Waals surface area contributed by atoms with E-state index in [1.165, 1.54) is 199 Å². The molecule has 6 unspecified atom stereocenters. The minimum atomic E-state index is -1.53. The molecule has 0 spiro atoms. The number of carbonyl (C=O) groups is 1. The van der Waals surface area contributed by atoms with Crippen molar-refractivity contribution in [3.8, 4) is 0 Å². The van der Waals surface area contributed by atoms with Crippen LogP contribution < -0.4 is 0 Å². The van der Waals surface area contributed by atoms with Crippen LogP contribution in [-0.4, -0.2) is 89.6 Å². The van der Waals surface area contributed by atoms with Crippen molar-refractivity contribution in [3.63, 3.8) is 0 Å². The molecule has 1 rings (SSSR count). The van der Waals surface area contributed by atoms with Gasteiger partial charge in [0.15, 0.2) is 6.29 Å². The summed E-state index contributed by atoms with van der Waals surface area (Å²) in [6.07, 6.45) is 44.0. The van der Waals surface area contributed by atoms with Gasteiger partial charge >= 0.3 is 5.97 Å². The molecule has 0 bridgehead atoms. The molecule has 0 aromatic rings. The van der Waals surface area contributed by atoms with Crippen molar-refractivity contribution < 1.29 is 44.2 Å². The number of unbranched alkanes of at least 4 members (excludes halogenated alkanes) is 33. The Bertz CT molecular complexity index is 946. The number of esters is 1. The van der Waals surface area contributed by atoms with E-state index in [1.54, 1.807) is 0 Å². The Kier molecular flexibility index (Phi) is 41.9. The number of ether oxygens (including phenoxy) is 4. The van der Waals surface area contributed by atoms with Gasteiger partial charge in [0.25, 0.3) is 0 Å². The number of hydrogen-bond donors (Lipinski definition) is 4. The molecule has 0 amide bonds. The van der Waals surface area contributed by atoms with Crippen LogP contribution in [-0.2, 0) is 23.7 Å². The summed E-state index contributed by atoms with van der Waals surface area (Å²) in [6, 6.07) is 0. The minimum absolute atomic E-state index is 0.110. The third-order valence-electron chi connectivity index (χ3n) is 12.4. The molecule has 4 N–H and O–H groups in total. The first-order chi connectivity index (χ1) is 29.9. The number of hydrogen-bond acceptors (Lipinski definition) is 9. The van der Waals surface area contributed by atoms with Crippen molar-refractivity contribution in [1.82, 2.24) is 0 Å². The zero-order valence-electron chi connectivity index (χ0n) is 39.9. The lowest BCUT2D eigenvalue weighted by molar-refractivity contribution is -0.305. The molecule has 61 heavy (non-hydrogen) atoms. The molecule has 0 radical (unpaired) electrons. The summed E-state index contributed by atoms with van der Waals surface area (Å²) in [6.45, 7) is 4.57. The maximum absolute atomic E-state index is 12.8. The average Bonchev–Trinajstić information content (AvgIpc) is 3.26. The lowest BCUT2D eigenvalue weighted by Crippen LogP contribution is -2.59. The topological polar surface area (TPSA) is 135 Å². The summed E-state index contributed by atoms with van der Waals surface area (Å²) in [5.74, 6) is -0.309. The second-order valence-corrected chi connectivity index (χ2v) is 18.3. The summed E-state index contributed by atoms with van der Waals surface area (Å²) >= 11 is 0. The van der Waals surface area contributed by atoms with Gasteiger partial charge in [-0.05, 0) is 38.5 Å². The smallest absolute Gasteiger partial charge is 0.306 e. The zero-order valence-corrected chi connectivity index (χ0v) is 39.9. The van der Waals surface area contributed by atoms with Crippen LogP contribution in [0.1, 0.15) is 251 Å². The van der Waals surface area contributed by atoms with Gasteiger partial charge in [0.2, 0.25) is 0 Å². The molecule has 362 valence electrons. The van der Waals surface area contributed by atoms with E-state index in [4.69, 9.17) is 18.9 Å². The Morgan fingerprint density at radius 1 is 0.508 bits per heavy atom. The van der Waals surface area contributed by atoms with Crippen molar-refractivity contribution in [2.24, 2.45) is 0 Å². The monoisotopic (exact) mass is 869 g/mol. The van der Waals surface area contributed by atoms with Crippen LogP contribution in [0.25, 0.3) is 0 Å². The highest BCUT2D eigenvalue weighted by atomic mass is 16.7. The Hall–Kier alpha value is -1.07. The van der Waals surface area contributed by atoms with Gasteiger partial charge < -0.3 is 39.4 Å². The molecular weight excluding hydrogens is 769 g/mol. The molecule has 1 saturated heterocycles. The molecule has 0 aromatic carbocycles. The first-order valence-electron chi connectivity index (χ1n) is 26.3. The number of aliphatic hydroxyl groups is 4. The molecule has 6 atom stereocenters. The molecule has 0 saturated carbocycles. The van der Waals surface area contributed by atoms with E-state index < -0.39 is 43.4 Å². The van der Waals surface area contributed by atoms with E-state index in [-0.39, 0.29) is 19.2 Å². The predicted molar refractivity (Wildman–Crippen MR) is 252 cm³/mol. The van der Waals surface area contributed by atoms with Crippen molar-refractivity contribution in [2.45, 2.75) is 288 Å². The molecule has 0 aromatic heterocycles. The molecule has 1 aliphatic rings. The highest BCUT2D eigenvalue weighted by molar-refractivity contribution is 5.69. The largest absolute Gasteiger partial charge is 0.457 e. The fourth-order valence-electron chi connectivity index (χ4n) is 8.31. The molecule has 1 heterocycles. The maximum Gasteiger partial charge on any atom is 0.306 e. The van der Waals surface area contributed by atoms with E-state index in [0.717, 1.165) is 32.1 Å². The van der Waals surface area contributed by atoms with Crippen molar-refractivity contribution in [3.05, 3.63) is 12.2 Å². The Labute approximate surface area is 375 Å². The summed E-state index contributed by atoms with van der Waals surface area (Å²) in [5, 5.41) is 40.2. The second kappa shape index (κ2) is 44.1. The van der Waals surface area contributed by atoms with Gasteiger partial charge in [-0.3, -0.25) is 4.79 Å². The third-order valence-corrected chi connectivity index (χ3v) is 12.4. The van der Waals surface area contributed by atoms with Gasteiger partial charge in [-0.1, -0.05) is 219 Å². The molecule has 9 nitrogen and oxygen atoms in total. The summed E-state index contributed by atoms with van der Waals surface area (Å²) < 4.78 is 22.9. The quantitative estimate of drug-likeness (QED) is 0.0268. The molecule has 1 aliphatic heterocycles. The van der Waals surface area contributed by atoms with Crippen LogP contribution in [0.3, 0.4) is 0 Å². The molecule has 1 fully saturated rings. The minimum Gasteiger partial charge on any atom is -0.457 e. The van der Waals surface area contributed by atoms with Crippen LogP contribution in [0, 0.1) is 0 Å². The van der Waals surface area contributed by atoms with Gasteiger partial charge in [0, 0.05) is 13.0 Å². The van der Waals surface area contributed by atoms with E-state index in [0.29, 0.717) is 13.0 Å².